The van der Waals surface area contributed by atoms with Crippen LogP contribution in [0, 0.1) is 6.92 Å². The molecule has 1 aromatic carbocycles. The third-order valence-corrected chi connectivity index (χ3v) is 4.99. The third kappa shape index (κ3) is 4.45. The molecular formula is C21H26N2O2. The summed E-state index contributed by atoms with van der Waals surface area (Å²) < 4.78 is 4.95. The average molecular weight is 338 g/mol. The van der Waals surface area contributed by atoms with E-state index in [0.29, 0.717) is 5.92 Å². The lowest BCUT2D eigenvalue weighted by atomic mass is 9.92. The van der Waals surface area contributed by atoms with Gasteiger partial charge in [-0.05, 0) is 43.0 Å². The standard InChI is InChI=1S/C21H26N2O2/c1-16-6-3-4-7-18(16)14-19-8-5-9-20(22-19)17-10-12-23(13-11-17)21(24)15-25-2/h3-9,17H,10-15H2,1-2H3. The Morgan fingerprint density at radius 2 is 1.92 bits per heavy atom. The molecule has 0 saturated carbocycles. The van der Waals surface area contributed by atoms with Gasteiger partial charge in [-0.1, -0.05) is 30.3 Å². The van der Waals surface area contributed by atoms with Gasteiger partial charge in [0.15, 0.2) is 0 Å². The SMILES string of the molecule is COCC(=O)N1CCC(c2cccc(Cc3ccccc3C)n2)CC1. The van der Waals surface area contributed by atoms with Gasteiger partial charge >= 0.3 is 0 Å². The van der Waals surface area contributed by atoms with E-state index in [1.807, 2.05) is 4.90 Å². The van der Waals surface area contributed by atoms with Crippen molar-refractivity contribution in [3.8, 4) is 0 Å². The second kappa shape index (κ2) is 8.26. The lowest BCUT2D eigenvalue weighted by Crippen LogP contribution is -2.39. The maximum Gasteiger partial charge on any atom is 0.248 e. The van der Waals surface area contributed by atoms with Crippen molar-refractivity contribution in [2.45, 2.75) is 32.1 Å². The van der Waals surface area contributed by atoms with Crippen LogP contribution in [0.15, 0.2) is 42.5 Å². The van der Waals surface area contributed by atoms with Crippen molar-refractivity contribution in [1.29, 1.82) is 0 Å². The summed E-state index contributed by atoms with van der Waals surface area (Å²) in [5.74, 6) is 0.519. The van der Waals surface area contributed by atoms with Crippen molar-refractivity contribution < 1.29 is 9.53 Å². The number of piperidine rings is 1. The number of methoxy groups -OCH3 is 1. The number of hydrogen-bond donors (Lipinski definition) is 0. The molecule has 0 N–H and O–H groups in total. The number of pyridine rings is 1. The Morgan fingerprint density at radius 1 is 1.16 bits per heavy atom. The zero-order chi connectivity index (χ0) is 17.6. The summed E-state index contributed by atoms with van der Waals surface area (Å²) in [6.07, 6.45) is 2.80. The average Bonchev–Trinajstić information content (AvgIpc) is 2.64. The van der Waals surface area contributed by atoms with Crippen molar-refractivity contribution in [2.24, 2.45) is 0 Å². The molecule has 25 heavy (non-hydrogen) atoms. The Hall–Kier alpha value is -2.20. The molecule has 4 heteroatoms. The smallest absolute Gasteiger partial charge is 0.248 e. The van der Waals surface area contributed by atoms with Crippen LogP contribution in [0.25, 0.3) is 0 Å². The molecule has 1 fully saturated rings. The molecule has 2 aromatic rings. The largest absolute Gasteiger partial charge is 0.375 e. The molecule has 1 aliphatic rings. The van der Waals surface area contributed by atoms with Crippen molar-refractivity contribution in [3.05, 3.63) is 65.0 Å². The number of hydrogen-bond acceptors (Lipinski definition) is 3. The quantitative estimate of drug-likeness (QED) is 0.840. The highest BCUT2D eigenvalue weighted by Crippen LogP contribution is 2.27. The van der Waals surface area contributed by atoms with Crippen LogP contribution >= 0.6 is 0 Å². The number of benzene rings is 1. The van der Waals surface area contributed by atoms with E-state index < -0.39 is 0 Å². The number of carbonyl (C=O) groups is 1. The van der Waals surface area contributed by atoms with Crippen LogP contribution in [0.3, 0.4) is 0 Å². The Balaban J connectivity index is 1.64. The summed E-state index contributed by atoms with van der Waals surface area (Å²) in [4.78, 5) is 18.7. The van der Waals surface area contributed by atoms with Gasteiger partial charge in [0.25, 0.3) is 0 Å². The zero-order valence-corrected chi connectivity index (χ0v) is 15.1. The molecule has 0 aliphatic carbocycles. The molecule has 0 atom stereocenters. The molecule has 132 valence electrons. The highest BCUT2D eigenvalue weighted by Gasteiger charge is 2.24. The van der Waals surface area contributed by atoms with Crippen LogP contribution in [0.1, 0.15) is 41.3 Å². The van der Waals surface area contributed by atoms with Crippen LogP contribution in [0.4, 0.5) is 0 Å². The van der Waals surface area contributed by atoms with E-state index in [1.165, 1.54) is 11.1 Å². The minimum Gasteiger partial charge on any atom is -0.375 e. The first-order chi connectivity index (χ1) is 12.2. The fourth-order valence-electron chi connectivity index (χ4n) is 3.47. The summed E-state index contributed by atoms with van der Waals surface area (Å²) in [5.41, 5.74) is 4.90. The first-order valence-electron chi connectivity index (χ1n) is 8.94. The predicted molar refractivity (Wildman–Crippen MR) is 98.7 cm³/mol. The van der Waals surface area contributed by atoms with E-state index >= 15 is 0 Å². The van der Waals surface area contributed by atoms with E-state index in [4.69, 9.17) is 9.72 Å². The number of aromatic nitrogens is 1. The normalized spacial score (nSPS) is 15.4. The monoisotopic (exact) mass is 338 g/mol. The fourth-order valence-corrected chi connectivity index (χ4v) is 3.47. The van der Waals surface area contributed by atoms with Crippen molar-refractivity contribution in [2.75, 3.05) is 26.8 Å². The Labute approximate surface area is 149 Å². The lowest BCUT2D eigenvalue weighted by molar-refractivity contribution is -0.136. The molecule has 0 unspecified atom stereocenters. The first-order valence-corrected chi connectivity index (χ1v) is 8.94. The summed E-state index contributed by atoms with van der Waals surface area (Å²) in [5, 5.41) is 0. The molecule has 4 nitrogen and oxygen atoms in total. The zero-order valence-electron chi connectivity index (χ0n) is 15.1. The first kappa shape index (κ1) is 17.6. The summed E-state index contributed by atoms with van der Waals surface area (Å²) in [6.45, 7) is 3.90. The van der Waals surface area contributed by atoms with Crippen molar-refractivity contribution in [3.63, 3.8) is 0 Å². The summed E-state index contributed by atoms with van der Waals surface area (Å²) >= 11 is 0. The minimum atomic E-state index is 0.0854. The number of ether oxygens (including phenoxy) is 1. The van der Waals surface area contributed by atoms with Crippen LogP contribution in [-0.4, -0.2) is 42.6 Å². The van der Waals surface area contributed by atoms with Crippen molar-refractivity contribution >= 4 is 5.91 Å². The Kier molecular flexibility index (Phi) is 5.82. The maximum absolute atomic E-state index is 11.9. The number of nitrogens with zero attached hydrogens (tertiary/aromatic N) is 2. The summed E-state index contributed by atoms with van der Waals surface area (Å²) in [6, 6.07) is 14.8. The molecule has 0 spiro atoms. The number of rotatable bonds is 5. The lowest BCUT2D eigenvalue weighted by Gasteiger charge is -2.31. The molecule has 0 radical (unpaired) electrons. The van der Waals surface area contributed by atoms with Gasteiger partial charge in [-0.2, -0.15) is 0 Å². The second-order valence-corrected chi connectivity index (χ2v) is 6.75. The number of likely N-dealkylation sites (tertiary alicyclic amines) is 1. The van der Waals surface area contributed by atoms with Gasteiger partial charge in [0.1, 0.15) is 6.61 Å². The Morgan fingerprint density at radius 3 is 2.64 bits per heavy atom. The number of carbonyl (C=O) groups excluding carboxylic acids is 1. The van der Waals surface area contributed by atoms with Gasteiger partial charge in [-0.25, -0.2) is 0 Å². The van der Waals surface area contributed by atoms with Crippen LogP contribution < -0.4 is 0 Å². The van der Waals surface area contributed by atoms with E-state index in [9.17, 15) is 4.79 Å². The highest BCUT2D eigenvalue weighted by molar-refractivity contribution is 5.77. The minimum absolute atomic E-state index is 0.0854. The van der Waals surface area contributed by atoms with E-state index in [0.717, 1.165) is 43.7 Å². The molecule has 1 amide bonds. The van der Waals surface area contributed by atoms with Gasteiger partial charge in [-0.15, -0.1) is 0 Å². The topological polar surface area (TPSA) is 42.4 Å². The second-order valence-electron chi connectivity index (χ2n) is 6.75. The Bertz CT molecular complexity index is 721. The molecule has 1 aliphatic heterocycles. The summed E-state index contributed by atoms with van der Waals surface area (Å²) in [7, 11) is 1.56. The molecular weight excluding hydrogens is 312 g/mol. The van der Waals surface area contributed by atoms with Crippen LogP contribution in [0.2, 0.25) is 0 Å². The molecule has 1 aromatic heterocycles. The number of aryl methyl sites for hydroxylation is 1. The van der Waals surface area contributed by atoms with E-state index in [2.05, 4.69) is 49.4 Å². The van der Waals surface area contributed by atoms with E-state index in [1.54, 1.807) is 7.11 Å². The maximum atomic E-state index is 11.9. The molecule has 1 saturated heterocycles. The van der Waals surface area contributed by atoms with Crippen molar-refractivity contribution in [1.82, 2.24) is 9.88 Å². The van der Waals surface area contributed by atoms with Crippen LogP contribution in [-0.2, 0) is 16.0 Å². The van der Waals surface area contributed by atoms with Gasteiger partial charge in [0, 0.05) is 43.9 Å². The highest BCUT2D eigenvalue weighted by atomic mass is 16.5. The van der Waals surface area contributed by atoms with Gasteiger partial charge < -0.3 is 9.64 Å². The fraction of sp³-hybridized carbons (Fsp3) is 0.429. The predicted octanol–water partition coefficient (Wildman–Crippen LogP) is 3.33. The van der Waals surface area contributed by atoms with E-state index in [-0.39, 0.29) is 12.5 Å². The molecule has 0 bridgehead atoms. The van der Waals surface area contributed by atoms with Gasteiger partial charge in [0.05, 0.1) is 0 Å². The molecule has 2 heterocycles. The number of amides is 1. The van der Waals surface area contributed by atoms with Gasteiger partial charge in [-0.3, -0.25) is 9.78 Å². The molecule has 3 rings (SSSR count). The third-order valence-electron chi connectivity index (χ3n) is 4.99. The van der Waals surface area contributed by atoms with Crippen LogP contribution in [0.5, 0.6) is 0 Å². The van der Waals surface area contributed by atoms with Gasteiger partial charge in [0.2, 0.25) is 5.91 Å².